The Bertz CT molecular complexity index is 3020. The van der Waals surface area contributed by atoms with Gasteiger partial charge in [-0.1, -0.05) is 98.8 Å². The van der Waals surface area contributed by atoms with Crippen LogP contribution >= 0.6 is 0 Å². The van der Waals surface area contributed by atoms with E-state index in [0.29, 0.717) is 0 Å². The van der Waals surface area contributed by atoms with E-state index >= 15 is 0 Å². The van der Waals surface area contributed by atoms with E-state index in [9.17, 15) is 0 Å². The molecule has 1 aliphatic heterocycles. The van der Waals surface area contributed by atoms with Gasteiger partial charge >= 0.3 is 0 Å². The van der Waals surface area contributed by atoms with Crippen LogP contribution in [0.1, 0.15) is 64.5 Å². The van der Waals surface area contributed by atoms with E-state index in [1.807, 2.05) is 0 Å². The van der Waals surface area contributed by atoms with E-state index in [1.165, 1.54) is 92.8 Å². The van der Waals surface area contributed by atoms with E-state index in [4.69, 9.17) is 9.47 Å². The second-order valence-electron chi connectivity index (χ2n) is 16.7. The van der Waals surface area contributed by atoms with Crippen LogP contribution in [0.25, 0.3) is 81.7 Å². The number of nitrogens with zero attached hydrogens (tertiary/aromatic N) is 1. The second kappa shape index (κ2) is 10.3. The molecule has 1 aromatic heterocycles. The first kappa shape index (κ1) is 31.1. The van der Waals surface area contributed by atoms with Gasteiger partial charge in [-0.25, -0.2) is 0 Å². The van der Waals surface area contributed by atoms with Gasteiger partial charge in [0.25, 0.3) is 0 Å². The molecule has 3 nitrogen and oxygen atoms in total. The molecule has 9 aromatic rings. The molecule has 0 saturated carbocycles. The Hall–Kier alpha value is -5.48. The minimum absolute atomic E-state index is 0.207. The summed E-state index contributed by atoms with van der Waals surface area (Å²) in [6, 6.07) is 49.7. The quantitative estimate of drug-likeness (QED) is 0.169. The standard InChI is InChI=1S/C50H41NO2/c1-48(2)42-27-40-35(24-36(42)37-25-38-33-21-14-15-23-44(33)51(45(38)28-43(37)48)29-16-8-7-9-17-29)30-18-10-11-19-31(30)39-26-41(32-20-12-13-22-34(32)46(39)40)47-52-49(3,4)50(5,6)53-47/h7-28,47H,1-6H3. The summed E-state index contributed by atoms with van der Waals surface area (Å²) in [6.45, 7) is 13.3. The van der Waals surface area contributed by atoms with Crippen LogP contribution in [0.4, 0.5) is 0 Å². The molecule has 0 atom stereocenters. The van der Waals surface area contributed by atoms with Gasteiger partial charge in [0.15, 0.2) is 6.29 Å². The molecule has 0 spiro atoms. The Kier molecular flexibility index (Phi) is 6.07. The van der Waals surface area contributed by atoms with Gasteiger partial charge in [0.1, 0.15) is 0 Å². The molecule has 1 aliphatic carbocycles. The highest BCUT2D eigenvalue weighted by molar-refractivity contribution is 6.32. The number of ether oxygens (including phenoxy) is 2. The van der Waals surface area contributed by atoms with Gasteiger partial charge in [0.05, 0.1) is 22.2 Å². The Morgan fingerprint density at radius 3 is 1.66 bits per heavy atom. The van der Waals surface area contributed by atoms with Crippen molar-refractivity contribution in [1.29, 1.82) is 0 Å². The predicted molar refractivity (Wildman–Crippen MR) is 221 cm³/mol. The van der Waals surface area contributed by atoms with Gasteiger partial charge in [-0.15, -0.1) is 0 Å². The first-order valence-corrected chi connectivity index (χ1v) is 18.9. The molecule has 0 bridgehead atoms. The van der Waals surface area contributed by atoms with E-state index in [2.05, 4.69) is 180 Å². The molecule has 2 heterocycles. The van der Waals surface area contributed by atoms with Crippen molar-refractivity contribution >= 4 is 64.9 Å². The number of hydrogen-bond donors (Lipinski definition) is 0. The van der Waals surface area contributed by atoms with Crippen molar-refractivity contribution in [3.8, 4) is 16.8 Å². The number of fused-ring (bicyclic) bond motifs is 14. The predicted octanol–water partition coefficient (Wildman–Crippen LogP) is 13.3. The van der Waals surface area contributed by atoms with Crippen LogP contribution in [0.5, 0.6) is 0 Å². The molecule has 0 radical (unpaired) electrons. The average Bonchev–Trinajstić information content (AvgIpc) is 3.69. The zero-order valence-corrected chi connectivity index (χ0v) is 31.0. The molecule has 8 aromatic carbocycles. The minimum Gasteiger partial charge on any atom is -0.339 e. The highest BCUT2D eigenvalue weighted by Gasteiger charge is 2.50. The molecular formula is C50H41NO2. The van der Waals surface area contributed by atoms with E-state index < -0.39 is 17.5 Å². The molecule has 11 rings (SSSR count). The third-order valence-electron chi connectivity index (χ3n) is 13.0. The molecular weight excluding hydrogens is 647 g/mol. The van der Waals surface area contributed by atoms with Crippen LogP contribution in [-0.2, 0) is 14.9 Å². The van der Waals surface area contributed by atoms with Gasteiger partial charge in [-0.3, -0.25) is 0 Å². The summed E-state index contributed by atoms with van der Waals surface area (Å²) in [5.74, 6) is 0. The third kappa shape index (κ3) is 4.07. The molecule has 0 unspecified atom stereocenters. The number of rotatable bonds is 2. The van der Waals surface area contributed by atoms with Crippen LogP contribution in [0.15, 0.2) is 133 Å². The summed E-state index contributed by atoms with van der Waals surface area (Å²) in [6.07, 6.45) is -0.459. The van der Waals surface area contributed by atoms with Crippen LogP contribution in [0, 0.1) is 0 Å². The van der Waals surface area contributed by atoms with Gasteiger partial charge in [-0.2, -0.15) is 0 Å². The summed E-state index contributed by atoms with van der Waals surface area (Å²) in [4.78, 5) is 0. The largest absolute Gasteiger partial charge is 0.339 e. The van der Waals surface area contributed by atoms with Crippen molar-refractivity contribution < 1.29 is 9.47 Å². The lowest BCUT2D eigenvalue weighted by Gasteiger charge is -2.30. The van der Waals surface area contributed by atoms with Crippen LogP contribution in [0.2, 0.25) is 0 Å². The average molecular weight is 688 g/mol. The van der Waals surface area contributed by atoms with E-state index in [-0.39, 0.29) is 5.41 Å². The number of para-hydroxylation sites is 2. The van der Waals surface area contributed by atoms with E-state index in [0.717, 1.165) is 5.56 Å². The zero-order valence-electron chi connectivity index (χ0n) is 31.0. The number of hydrogen-bond acceptors (Lipinski definition) is 2. The molecule has 258 valence electrons. The Balaban J connectivity index is 1.22. The molecule has 0 N–H and O–H groups in total. The van der Waals surface area contributed by atoms with Crippen molar-refractivity contribution in [2.24, 2.45) is 0 Å². The lowest BCUT2D eigenvalue weighted by molar-refractivity contribution is -0.0885. The lowest BCUT2D eigenvalue weighted by Crippen LogP contribution is -2.41. The van der Waals surface area contributed by atoms with Gasteiger partial charge in [-0.05, 0) is 142 Å². The summed E-state index contributed by atoms with van der Waals surface area (Å²) < 4.78 is 15.8. The summed E-state index contributed by atoms with van der Waals surface area (Å²) in [7, 11) is 0. The summed E-state index contributed by atoms with van der Waals surface area (Å²) in [5.41, 5.74) is 9.10. The minimum atomic E-state index is -0.459. The van der Waals surface area contributed by atoms with Gasteiger partial charge in [0.2, 0.25) is 0 Å². The summed E-state index contributed by atoms with van der Waals surface area (Å²) in [5, 5.41) is 12.6. The maximum atomic E-state index is 6.70. The maximum Gasteiger partial charge on any atom is 0.185 e. The molecule has 0 amide bonds. The topological polar surface area (TPSA) is 23.4 Å². The van der Waals surface area contributed by atoms with Crippen molar-refractivity contribution in [1.82, 2.24) is 4.57 Å². The number of aromatic nitrogens is 1. The fourth-order valence-corrected chi connectivity index (χ4v) is 9.55. The first-order valence-electron chi connectivity index (χ1n) is 18.9. The van der Waals surface area contributed by atoms with Crippen molar-refractivity contribution in [2.45, 2.75) is 64.4 Å². The summed E-state index contributed by atoms with van der Waals surface area (Å²) >= 11 is 0. The third-order valence-corrected chi connectivity index (χ3v) is 13.0. The fourth-order valence-electron chi connectivity index (χ4n) is 9.55. The van der Waals surface area contributed by atoms with Gasteiger partial charge < -0.3 is 14.0 Å². The monoisotopic (exact) mass is 687 g/mol. The second-order valence-corrected chi connectivity index (χ2v) is 16.7. The van der Waals surface area contributed by atoms with Crippen LogP contribution in [-0.4, -0.2) is 15.8 Å². The van der Waals surface area contributed by atoms with Crippen molar-refractivity contribution in [3.63, 3.8) is 0 Å². The molecule has 3 heteroatoms. The van der Waals surface area contributed by atoms with Gasteiger partial charge in [0, 0.05) is 27.4 Å². The molecule has 1 fully saturated rings. The van der Waals surface area contributed by atoms with Crippen LogP contribution < -0.4 is 0 Å². The lowest BCUT2D eigenvalue weighted by atomic mass is 9.80. The SMILES string of the molecule is CC1(C)c2cc3c(cc2-c2cc4c5ccccc5n(-c5ccccc5)c4cc21)c1ccccc1c1cc(C2OC(C)(C)C(C)(C)O2)c2ccccc2c31. The Morgan fingerprint density at radius 1 is 0.434 bits per heavy atom. The molecule has 2 aliphatic rings. The Labute approximate surface area is 309 Å². The highest BCUT2D eigenvalue weighted by atomic mass is 16.7. The zero-order chi connectivity index (χ0) is 36.0. The normalized spacial score (nSPS) is 17.5. The van der Waals surface area contributed by atoms with Crippen molar-refractivity contribution in [2.75, 3.05) is 0 Å². The smallest absolute Gasteiger partial charge is 0.185 e. The number of benzene rings is 8. The fraction of sp³-hybridized carbons (Fsp3) is 0.200. The van der Waals surface area contributed by atoms with Crippen molar-refractivity contribution in [3.05, 3.63) is 150 Å². The first-order chi connectivity index (χ1) is 25.5. The van der Waals surface area contributed by atoms with E-state index in [1.54, 1.807) is 0 Å². The highest BCUT2D eigenvalue weighted by Crippen LogP contribution is 2.54. The molecule has 1 saturated heterocycles. The Morgan fingerprint density at radius 2 is 0.962 bits per heavy atom. The molecule has 53 heavy (non-hydrogen) atoms. The maximum absolute atomic E-state index is 6.70. The van der Waals surface area contributed by atoms with Crippen LogP contribution in [0.3, 0.4) is 0 Å².